The van der Waals surface area contributed by atoms with Crippen molar-refractivity contribution in [1.82, 2.24) is 4.98 Å². The van der Waals surface area contributed by atoms with Crippen molar-refractivity contribution in [1.29, 1.82) is 0 Å². The fraction of sp³-hybridized carbons (Fsp3) is 0.118. The lowest BCUT2D eigenvalue weighted by atomic mass is 10.1. The molecule has 5 nitrogen and oxygen atoms in total. The lowest BCUT2D eigenvalue weighted by molar-refractivity contribution is 0.0730. The predicted molar refractivity (Wildman–Crippen MR) is 88.0 cm³/mol. The van der Waals surface area contributed by atoms with Gasteiger partial charge >= 0.3 is 11.6 Å². The van der Waals surface area contributed by atoms with Crippen molar-refractivity contribution in [2.24, 2.45) is 0 Å². The van der Waals surface area contributed by atoms with Gasteiger partial charge < -0.3 is 9.15 Å². The molecular formula is C17H14ClNO4. The van der Waals surface area contributed by atoms with Gasteiger partial charge in [0, 0.05) is 17.5 Å². The third-order valence-corrected chi connectivity index (χ3v) is 3.32. The molecule has 0 aliphatic rings. The number of fused-ring (bicyclic) bond motifs is 1. The maximum atomic E-state index is 12.1. The Morgan fingerprint density at radius 2 is 2.09 bits per heavy atom. The standard InChI is InChI=1S/C16H10ClNO4.CH4/c17-8-10-3-4-14-11(6-10)7-13(16(20)22-14)15(19)21-12-2-1-5-18-9-12;/h1-7,9H,8H2;1H4. The Bertz CT molecular complexity index is 890. The molecule has 0 saturated carbocycles. The Morgan fingerprint density at radius 1 is 1.26 bits per heavy atom. The second kappa shape index (κ2) is 7.07. The molecule has 0 atom stereocenters. The first-order valence-electron chi connectivity index (χ1n) is 6.42. The number of rotatable bonds is 3. The van der Waals surface area contributed by atoms with E-state index in [2.05, 4.69) is 4.98 Å². The van der Waals surface area contributed by atoms with E-state index in [1.54, 1.807) is 36.5 Å². The van der Waals surface area contributed by atoms with Gasteiger partial charge in [-0.2, -0.15) is 0 Å². The minimum atomic E-state index is -0.792. The molecule has 23 heavy (non-hydrogen) atoms. The van der Waals surface area contributed by atoms with Gasteiger partial charge in [-0.3, -0.25) is 4.98 Å². The number of pyridine rings is 1. The first-order chi connectivity index (χ1) is 10.7. The molecule has 0 unspecified atom stereocenters. The van der Waals surface area contributed by atoms with E-state index < -0.39 is 11.6 Å². The highest BCUT2D eigenvalue weighted by molar-refractivity contribution is 6.17. The van der Waals surface area contributed by atoms with Crippen LogP contribution in [0.15, 0.2) is 58.0 Å². The predicted octanol–water partition coefficient (Wildman–Crippen LogP) is 3.78. The lowest BCUT2D eigenvalue weighted by Crippen LogP contribution is -2.18. The number of hydrogen-bond donors (Lipinski definition) is 0. The number of alkyl halides is 1. The Kier molecular flexibility index (Phi) is 5.13. The quantitative estimate of drug-likeness (QED) is 0.415. The number of esters is 1. The highest BCUT2D eigenvalue weighted by Gasteiger charge is 2.16. The largest absolute Gasteiger partial charge is 0.422 e. The van der Waals surface area contributed by atoms with Crippen LogP contribution in [0.3, 0.4) is 0 Å². The molecule has 118 valence electrons. The fourth-order valence-electron chi connectivity index (χ4n) is 1.97. The molecule has 1 aromatic carbocycles. The minimum absolute atomic E-state index is 0. The van der Waals surface area contributed by atoms with Gasteiger partial charge in [-0.25, -0.2) is 9.59 Å². The molecule has 0 radical (unpaired) electrons. The number of aromatic nitrogens is 1. The van der Waals surface area contributed by atoms with Crippen LogP contribution >= 0.6 is 11.6 Å². The first kappa shape index (κ1) is 16.7. The number of carbonyl (C=O) groups excluding carboxylic acids is 1. The number of benzene rings is 1. The van der Waals surface area contributed by atoms with E-state index >= 15 is 0 Å². The summed E-state index contributed by atoms with van der Waals surface area (Å²) in [4.78, 5) is 27.8. The zero-order valence-corrected chi connectivity index (χ0v) is 12.0. The molecule has 0 saturated heterocycles. The molecule has 0 N–H and O–H groups in total. The van der Waals surface area contributed by atoms with Crippen molar-refractivity contribution >= 4 is 28.5 Å². The minimum Gasteiger partial charge on any atom is -0.422 e. The van der Waals surface area contributed by atoms with Crippen molar-refractivity contribution in [2.45, 2.75) is 13.3 Å². The van der Waals surface area contributed by atoms with Gasteiger partial charge in [0.2, 0.25) is 0 Å². The molecule has 0 aliphatic heterocycles. The van der Waals surface area contributed by atoms with Crippen LogP contribution in [0.2, 0.25) is 0 Å². The first-order valence-corrected chi connectivity index (χ1v) is 6.96. The van der Waals surface area contributed by atoms with Crippen LogP contribution in [0, 0.1) is 0 Å². The second-order valence-corrected chi connectivity index (χ2v) is 4.80. The van der Waals surface area contributed by atoms with Crippen LogP contribution in [0.4, 0.5) is 0 Å². The summed E-state index contributed by atoms with van der Waals surface area (Å²) in [6.07, 6.45) is 2.93. The van der Waals surface area contributed by atoms with Gasteiger partial charge in [-0.05, 0) is 35.9 Å². The molecule has 3 rings (SSSR count). The molecule has 0 fully saturated rings. The fourth-order valence-corrected chi connectivity index (χ4v) is 2.13. The van der Waals surface area contributed by atoms with Gasteiger partial charge in [-0.1, -0.05) is 13.5 Å². The Balaban J connectivity index is 0.00000192. The number of nitrogens with zero attached hydrogens (tertiary/aromatic N) is 1. The average Bonchev–Trinajstić information content (AvgIpc) is 2.54. The molecule has 2 heterocycles. The summed E-state index contributed by atoms with van der Waals surface area (Å²) >= 11 is 5.78. The molecule has 6 heteroatoms. The average molecular weight is 332 g/mol. The molecule has 0 spiro atoms. The van der Waals surface area contributed by atoms with E-state index in [1.165, 1.54) is 12.3 Å². The van der Waals surface area contributed by atoms with Gasteiger partial charge in [0.15, 0.2) is 0 Å². The Labute approximate surface area is 137 Å². The molecule has 2 aromatic heterocycles. The zero-order valence-electron chi connectivity index (χ0n) is 11.3. The maximum absolute atomic E-state index is 12.1. The molecule has 0 amide bonds. The van der Waals surface area contributed by atoms with E-state index in [1.807, 2.05) is 0 Å². The summed E-state index contributed by atoms with van der Waals surface area (Å²) in [5, 5.41) is 0.607. The van der Waals surface area contributed by atoms with Crippen LogP contribution in [0.1, 0.15) is 23.3 Å². The summed E-state index contributed by atoms with van der Waals surface area (Å²) < 4.78 is 10.2. The number of ether oxygens (including phenoxy) is 1. The highest BCUT2D eigenvalue weighted by atomic mass is 35.5. The van der Waals surface area contributed by atoms with E-state index in [0.29, 0.717) is 16.8 Å². The summed E-state index contributed by atoms with van der Waals surface area (Å²) in [6, 6.07) is 9.79. The van der Waals surface area contributed by atoms with Crippen LogP contribution in [0.5, 0.6) is 5.75 Å². The number of hydrogen-bond acceptors (Lipinski definition) is 5. The van der Waals surface area contributed by atoms with E-state index in [9.17, 15) is 9.59 Å². The zero-order chi connectivity index (χ0) is 15.5. The van der Waals surface area contributed by atoms with E-state index in [4.69, 9.17) is 20.8 Å². The second-order valence-electron chi connectivity index (χ2n) is 4.53. The third-order valence-electron chi connectivity index (χ3n) is 3.02. The molecule has 0 bridgehead atoms. The van der Waals surface area contributed by atoms with Crippen molar-refractivity contribution in [3.63, 3.8) is 0 Å². The summed E-state index contributed by atoms with van der Waals surface area (Å²) in [5.74, 6) is -0.216. The summed E-state index contributed by atoms with van der Waals surface area (Å²) in [7, 11) is 0. The van der Waals surface area contributed by atoms with E-state index in [-0.39, 0.29) is 18.7 Å². The number of carbonyl (C=O) groups is 1. The van der Waals surface area contributed by atoms with Crippen LogP contribution in [-0.4, -0.2) is 11.0 Å². The van der Waals surface area contributed by atoms with Gasteiger partial charge in [0.25, 0.3) is 0 Å². The SMILES string of the molecule is C.O=C(Oc1cccnc1)c1cc2cc(CCl)ccc2oc1=O. The summed E-state index contributed by atoms with van der Waals surface area (Å²) in [5.41, 5.74) is 0.314. The topological polar surface area (TPSA) is 69.4 Å². The van der Waals surface area contributed by atoms with Crippen LogP contribution in [0.25, 0.3) is 11.0 Å². The number of halogens is 1. The molecule has 0 aliphatic carbocycles. The highest BCUT2D eigenvalue weighted by Crippen LogP contribution is 2.18. The van der Waals surface area contributed by atoms with Crippen LogP contribution in [-0.2, 0) is 5.88 Å². The van der Waals surface area contributed by atoms with Gasteiger partial charge in [-0.15, -0.1) is 11.6 Å². The van der Waals surface area contributed by atoms with Crippen molar-refractivity contribution in [2.75, 3.05) is 0 Å². The van der Waals surface area contributed by atoms with Crippen molar-refractivity contribution < 1.29 is 13.9 Å². The van der Waals surface area contributed by atoms with Gasteiger partial charge in [0.05, 0.1) is 6.20 Å². The maximum Gasteiger partial charge on any atom is 0.351 e. The third kappa shape index (κ3) is 3.57. The molecular weight excluding hydrogens is 318 g/mol. The monoisotopic (exact) mass is 331 g/mol. The van der Waals surface area contributed by atoms with E-state index in [0.717, 1.165) is 5.56 Å². The van der Waals surface area contributed by atoms with Gasteiger partial charge in [0.1, 0.15) is 16.9 Å². The van der Waals surface area contributed by atoms with Crippen molar-refractivity contribution in [3.05, 3.63) is 70.3 Å². The lowest BCUT2D eigenvalue weighted by Gasteiger charge is -2.04. The Morgan fingerprint density at radius 3 is 2.78 bits per heavy atom. The normalized spacial score (nSPS) is 10.1. The van der Waals surface area contributed by atoms with Crippen molar-refractivity contribution in [3.8, 4) is 5.75 Å². The molecule has 3 aromatic rings. The van der Waals surface area contributed by atoms with Crippen LogP contribution < -0.4 is 10.4 Å². The summed E-state index contributed by atoms with van der Waals surface area (Å²) in [6.45, 7) is 0. The smallest absolute Gasteiger partial charge is 0.351 e. The Hall–Kier alpha value is -2.66.